The van der Waals surface area contributed by atoms with Gasteiger partial charge in [-0.05, 0) is 24.3 Å². The fourth-order valence-corrected chi connectivity index (χ4v) is 2.57. The normalized spacial score (nSPS) is 31.9. The third-order valence-electron chi connectivity index (χ3n) is 3.45. The minimum absolute atomic E-state index is 0.204. The van der Waals surface area contributed by atoms with Gasteiger partial charge in [0.25, 0.3) is 0 Å². The Hall–Kier alpha value is -1.79. The van der Waals surface area contributed by atoms with Gasteiger partial charge in [-0.3, -0.25) is 4.79 Å². The van der Waals surface area contributed by atoms with E-state index in [1.165, 1.54) is 6.92 Å². The quantitative estimate of drug-likeness (QED) is 0.649. The number of anilines is 1. The smallest absolute Gasteiger partial charge is 0.303 e. The Morgan fingerprint density at radius 1 is 1.15 bits per heavy atom. The number of fused-ring (bicyclic) bond motifs is 1. The number of ether oxygens (including phenoxy) is 4. The van der Waals surface area contributed by atoms with Gasteiger partial charge in [0.2, 0.25) is 0 Å². The van der Waals surface area contributed by atoms with Crippen molar-refractivity contribution in [2.45, 2.75) is 31.3 Å². The third kappa shape index (κ3) is 2.57. The van der Waals surface area contributed by atoms with Crippen LogP contribution in [0.3, 0.4) is 0 Å². The highest BCUT2D eigenvalue weighted by Crippen LogP contribution is 2.31. The van der Waals surface area contributed by atoms with Crippen LogP contribution in [0.4, 0.5) is 5.69 Å². The topological polar surface area (TPSA) is 80.0 Å². The lowest BCUT2D eigenvalue weighted by Gasteiger charge is -2.18. The zero-order valence-corrected chi connectivity index (χ0v) is 11.2. The van der Waals surface area contributed by atoms with Gasteiger partial charge in [0.05, 0.1) is 13.2 Å². The van der Waals surface area contributed by atoms with Crippen molar-refractivity contribution in [3.63, 3.8) is 0 Å². The molecule has 0 saturated carbocycles. The SMILES string of the molecule is CC(=O)O[C@H]1CO[C@@H]2C(Oc3ccc(N)cc3)CO[C@H]12. The number of nitrogens with two attached hydrogens (primary N) is 1. The van der Waals surface area contributed by atoms with Gasteiger partial charge in [-0.1, -0.05) is 0 Å². The first-order valence-corrected chi connectivity index (χ1v) is 6.56. The Balaban J connectivity index is 1.63. The Kier molecular flexibility index (Phi) is 3.50. The summed E-state index contributed by atoms with van der Waals surface area (Å²) >= 11 is 0. The zero-order chi connectivity index (χ0) is 14.1. The monoisotopic (exact) mass is 279 g/mol. The first-order chi connectivity index (χ1) is 9.63. The Morgan fingerprint density at radius 3 is 2.40 bits per heavy atom. The van der Waals surface area contributed by atoms with Gasteiger partial charge in [-0.15, -0.1) is 0 Å². The Bertz CT molecular complexity index is 489. The molecule has 0 aliphatic carbocycles. The molecule has 2 N–H and O–H groups in total. The average Bonchev–Trinajstić information content (AvgIpc) is 2.96. The number of carbonyl (C=O) groups excluding carboxylic acids is 1. The summed E-state index contributed by atoms with van der Waals surface area (Å²) in [6.45, 7) is 2.14. The van der Waals surface area contributed by atoms with E-state index < -0.39 is 0 Å². The molecule has 108 valence electrons. The minimum Gasteiger partial charge on any atom is -0.485 e. The van der Waals surface area contributed by atoms with Crippen molar-refractivity contribution in [1.29, 1.82) is 0 Å². The standard InChI is InChI=1S/C14H17NO5/c1-8(16)19-11-6-17-14-12(7-18-13(11)14)20-10-4-2-9(15)3-5-10/h2-5,11-14H,6-7,15H2,1H3/t11-,12?,13+,14+/m0/s1. The molecular weight excluding hydrogens is 262 g/mol. The Morgan fingerprint density at radius 2 is 1.75 bits per heavy atom. The van der Waals surface area contributed by atoms with Crippen LogP contribution >= 0.6 is 0 Å². The molecule has 1 aromatic rings. The Labute approximate surface area is 116 Å². The average molecular weight is 279 g/mol. The van der Waals surface area contributed by atoms with Gasteiger partial charge < -0.3 is 24.7 Å². The summed E-state index contributed by atoms with van der Waals surface area (Å²) in [5.74, 6) is 0.388. The highest BCUT2D eigenvalue weighted by Gasteiger charge is 2.50. The van der Waals surface area contributed by atoms with Crippen LogP contribution in [0.15, 0.2) is 24.3 Å². The molecule has 2 fully saturated rings. The van der Waals surface area contributed by atoms with Crippen LogP contribution in [0.2, 0.25) is 0 Å². The molecule has 0 radical (unpaired) electrons. The fraction of sp³-hybridized carbons (Fsp3) is 0.500. The first-order valence-electron chi connectivity index (χ1n) is 6.56. The van der Waals surface area contributed by atoms with Crippen molar-refractivity contribution in [2.75, 3.05) is 18.9 Å². The molecule has 1 unspecified atom stereocenters. The van der Waals surface area contributed by atoms with Gasteiger partial charge in [0.1, 0.15) is 18.0 Å². The highest BCUT2D eigenvalue weighted by molar-refractivity contribution is 5.66. The highest BCUT2D eigenvalue weighted by atomic mass is 16.7. The van der Waals surface area contributed by atoms with E-state index in [0.717, 1.165) is 0 Å². The van der Waals surface area contributed by atoms with Crippen molar-refractivity contribution < 1.29 is 23.7 Å². The molecule has 2 aliphatic rings. The third-order valence-corrected chi connectivity index (χ3v) is 3.45. The molecule has 1 aromatic carbocycles. The summed E-state index contributed by atoms with van der Waals surface area (Å²) in [6, 6.07) is 7.17. The summed E-state index contributed by atoms with van der Waals surface area (Å²) in [4.78, 5) is 11.0. The van der Waals surface area contributed by atoms with Crippen molar-refractivity contribution >= 4 is 11.7 Å². The van der Waals surface area contributed by atoms with E-state index in [9.17, 15) is 4.79 Å². The molecule has 3 rings (SSSR count). The molecule has 20 heavy (non-hydrogen) atoms. The molecule has 6 nitrogen and oxygen atoms in total. The lowest BCUT2D eigenvalue weighted by Crippen LogP contribution is -2.36. The van der Waals surface area contributed by atoms with Crippen molar-refractivity contribution in [1.82, 2.24) is 0 Å². The van der Waals surface area contributed by atoms with Crippen LogP contribution in [0.25, 0.3) is 0 Å². The molecule has 0 spiro atoms. The summed E-state index contributed by atoms with van der Waals surface area (Å²) in [5.41, 5.74) is 6.32. The molecule has 2 aliphatic heterocycles. The van der Waals surface area contributed by atoms with Gasteiger partial charge in [-0.2, -0.15) is 0 Å². The number of esters is 1. The summed E-state index contributed by atoms with van der Waals surface area (Å²) in [6.07, 6.45) is -1.02. The maximum atomic E-state index is 11.0. The maximum absolute atomic E-state index is 11.0. The van der Waals surface area contributed by atoms with E-state index in [2.05, 4.69) is 0 Å². The summed E-state index contributed by atoms with van der Waals surface area (Å²) < 4.78 is 22.3. The van der Waals surface area contributed by atoms with E-state index in [0.29, 0.717) is 24.7 Å². The maximum Gasteiger partial charge on any atom is 0.303 e. The van der Waals surface area contributed by atoms with Crippen LogP contribution < -0.4 is 10.5 Å². The van der Waals surface area contributed by atoms with E-state index in [1.54, 1.807) is 24.3 Å². The lowest BCUT2D eigenvalue weighted by molar-refractivity contribution is -0.150. The number of nitrogen functional groups attached to an aromatic ring is 1. The van der Waals surface area contributed by atoms with Gasteiger partial charge in [0.15, 0.2) is 12.2 Å². The van der Waals surface area contributed by atoms with Gasteiger partial charge >= 0.3 is 5.97 Å². The van der Waals surface area contributed by atoms with Gasteiger partial charge in [0, 0.05) is 12.6 Å². The molecule has 0 aromatic heterocycles. The van der Waals surface area contributed by atoms with Gasteiger partial charge in [-0.25, -0.2) is 0 Å². The molecule has 6 heteroatoms. The number of hydrogen-bond donors (Lipinski definition) is 1. The second-order valence-corrected chi connectivity index (χ2v) is 4.97. The molecule has 2 heterocycles. The molecule has 2 saturated heterocycles. The van der Waals surface area contributed by atoms with Crippen LogP contribution in [0.1, 0.15) is 6.92 Å². The predicted molar refractivity (Wildman–Crippen MR) is 70.3 cm³/mol. The minimum atomic E-state index is -0.350. The summed E-state index contributed by atoms with van der Waals surface area (Å²) in [5, 5.41) is 0. The van der Waals surface area contributed by atoms with E-state index in [1.807, 2.05) is 0 Å². The van der Waals surface area contributed by atoms with Crippen LogP contribution in [-0.4, -0.2) is 43.6 Å². The van der Waals surface area contributed by atoms with E-state index >= 15 is 0 Å². The van der Waals surface area contributed by atoms with Crippen LogP contribution in [-0.2, 0) is 19.0 Å². The van der Waals surface area contributed by atoms with E-state index in [4.69, 9.17) is 24.7 Å². The second-order valence-electron chi connectivity index (χ2n) is 4.97. The van der Waals surface area contributed by atoms with Crippen molar-refractivity contribution in [2.24, 2.45) is 0 Å². The molecule has 0 amide bonds. The molecule has 4 atom stereocenters. The predicted octanol–water partition coefficient (Wildman–Crippen LogP) is 0.745. The lowest BCUT2D eigenvalue weighted by atomic mass is 10.1. The molecular formula is C14H17NO5. The second kappa shape index (κ2) is 5.30. The zero-order valence-electron chi connectivity index (χ0n) is 11.2. The van der Waals surface area contributed by atoms with Crippen LogP contribution in [0.5, 0.6) is 5.75 Å². The number of benzene rings is 1. The number of rotatable bonds is 3. The van der Waals surface area contributed by atoms with E-state index in [-0.39, 0.29) is 30.4 Å². The molecule has 0 bridgehead atoms. The van der Waals surface area contributed by atoms with Crippen molar-refractivity contribution in [3.8, 4) is 5.75 Å². The summed E-state index contributed by atoms with van der Waals surface area (Å²) in [7, 11) is 0. The van der Waals surface area contributed by atoms with Crippen molar-refractivity contribution in [3.05, 3.63) is 24.3 Å². The number of hydrogen-bond acceptors (Lipinski definition) is 6. The largest absolute Gasteiger partial charge is 0.485 e. The first kappa shape index (κ1) is 13.2. The number of carbonyl (C=O) groups is 1. The van der Waals surface area contributed by atoms with Crippen LogP contribution in [0, 0.1) is 0 Å². The fourth-order valence-electron chi connectivity index (χ4n) is 2.57.